The minimum atomic E-state index is -1.58. The van der Waals surface area contributed by atoms with Crippen molar-refractivity contribution in [2.75, 3.05) is 0 Å². The standard InChI is InChI=1S/C33H30O13.C20H8O6/c1-5-14-9-10-17-20-18(14)30(39)45-28-19-15(26(37)22(21(20)28)31(40)43-17)7-6-8-16(19)44-33-29(27(38)25(36)13(4)42-33)46-32-24(35)11(2)23(34)12(3)41-32;1-2-8-6-7-11-14-12(8)19(23)26-18-13-9(4-3-5-10(13)21)17(22)16(15(14)18)20(24)25-11/h1,6-13,23-25,27,29,32-38H,2-4H3;1,3-7,22-23H/t11?,12?,13?,23-,24-,25+,27+,29?,32-,33+;/m1./s1. The number of hydrogen-bond acceptors (Lipinski definition) is 19. The predicted molar refractivity (Wildman–Crippen MR) is 258 cm³/mol. The fraction of sp³-hybridized carbons (Fsp3) is 0.245. The van der Waals surface area contributed by atoms with Crippen molar-refractivity contribution in [1.82, 2.24) is 0 Å². The van der Waals surface area contributed by atoms with Crippen LogP contribution in [0.4, 0.5) is 0 Å². The molecule has 7 N–H and O–H groups in total. The van der Waals surface area contributed by atoms with Crippen LogP contribution in [-0.2, 0) is 14.2 Å². The van der Waals surface area contributed by atoms with E-state index in [2.05, 4.69) is 11.8 Å². The van der Waals surface area contributed by atoms with E-state index in [-0.39, 0.29) is 98.6 Å². The van der Waals surface area contributed by atoms with Gasteiger partial charge >= 0.3 is 16.9 Å². The Kier molecular flexibility index (Phi) is 10.7. The summed E-state index contributed by atoms with van der Waals surface area (Å²) in [4.78, 5) is 51.4. The molecule has 19 heteroatoms. The summed E-state index contributed by atoms with van der Waals surface area (Å²) < 4.78 is 46.0. The minimum Gasteiger partial charge on any atom is -0.506 e. The van der Waals surface area contributed by atoms with Gasteiger partial charge in [0.15, 0.2) is 29.0 Å². The van der Waals surface area contributed by atoms with E-state index < -0.39 is 95.2 Å². The van der Waals surface area contributed by atoms with Gasteiger partial charge in [-0.1, -0.05) is 43.0 Å². The third-order valence-corrected chi connectivity index (χ3v) is 13.7. The van der Waals surface area contributed by atoms with Crippen molar-refractivity contribution < 1.29 is 72.4 Å². The van der Waals surface area contributed by atoms with Crippen LogP contribution >= 0.6 is 0 Å². The van der Waals surface area contributed by atoms with E-state index in [4.69, 9.17) is 49.5 Å². The van der Waals surface area contributed by atoms with Gasteiger partial charge in [0.05, 0.1) is 39.9 Å². The third-order valence-electron chi connectivity index (χ3n) is 13.7. The lowest BCUT2D eigenvalue weighted by molar-refractivity contribution is -0.346. The Bertz CT molecular complexity index is 4230. The Morgan fingerprint density at radius 1 is 0.514 bits per heavy atom. The first-order chi connectivity index (χ1) is 34.4. The van der Waals surface area contributed by atoms with E-state index in [1.54, 1.807) is 13.8 Å². The molecule has 0 amide bonds. The summed E-state index contributed by atoms with van der Waals surface area (Å²) in [6.07, 6.45) is -0.0317. The first-order valence-electron chi connectivity index (χ1n) is 22.3. The van der Waals surface area contributed by atoms with E-state index in [1.807, 2.05) is 0 Å². The van der Waals surface area contributed by atoms with E-state index in [0.717, 1.165) is 0 Å². The van der Waals surface area contributed by atoms with Gasteiger partial charge in [0.1, 0.15) is 57.5 Å². The SMILES string of the molecule is C#Cc1ccc2oc(=O)c3c(O)c4cccc(=O)c4c4oc(O)c1c2c34.C#Cc1ccc2oc(=O)c3c(O)c4cccc(O[C@@H]5OC(C)[C@H](O)[C@H](O)C5O[C@H]5OC(C)[C@H](O)C(C)[C@H]5O)c4c4oc(=O)c1c2c34. The van der Waals surface area contributed by atoms with Gasteiger partial charge in [-0.3, -0.25) is 4.79 Å². The van der Waals surface area contributed by atoms with Crippen molar-refractivity contribution >= 4 is 87.0 Å². The molecule has 4 unspecified atom stereocenters. The first-order valence-corrected chi connectivity index (χ1v) is 22.3. The van der Waals surface area contributed by atoms with Crippen LogP contribution in [0.5, 0.6) is 23.2 Å². The monoisotopic (exact) mass is 978 g/mol. The lowest BCUT2D eigenvalue weighted by Crippen LogP contribution is -2.62. The van der Waals surface area contributed by atoms with Crippen molar-refractivity contribution in [2.45, 2.75) is 76.1 Å². The second kappa shape index (κ2) is 16.7. The highest BCUT2D eigenvalue weighted by Gasteiger charge is 2.50. The normalized spacial score (nSPS) is 24.6. The van der Waals surface area contributed by atoms with Gasteiger partial charge in [0, 0.05) is 49.4 Å². The molecule has 2 saturated heterocycles. The molecular weight excluding hydrogens is 941 g/mol. The summed E-state index contributed by atoms with van der Waals surface area (Å²) in [5, 5.41) is 76.3. The highest BCUT2D eigenvalue weighted by molar-refractivity contribution is 6.30. The van der Waals surface area contributed by atoms with Crippen LogP contribution in [0.3, 0.4) is 0 Å². The van der Waals surface area contributed by atoms with Crippen molar-refractivity contribution in [2.24, 2.45) is 5.92 Å². The zero-order valence-electron chi connectivity index (χ0n) is 37.7. The van der Waals surface area contributed by atoms with Crippen molar-refractivity contribution in [3.63, 3.8) is 0 Å². The summed E-state index contributed by atoms with van der Waals surface area (Å²) in [6.45, 7) is 4.73. The number of fused-ring (bicyclic) bond motifs is 4. The van der Waals surface area contributed by atoms with Crippen LogP contribution in [0.15, 0.2) is 97.5 Å². The maximum Gasteiger partial charge on any atom is 0.348 e. The molecule has 72 heavy (non-hydrogen) atoms. The molecule has 2 fully saturated rings. The molecule has 0 bridgehead atoms. The van der Waals surface area contributed by atoms with E-state index >= 15 is 0 Å². The first kappa shape index (κ1) is 46.2. The van der Waals surface area contributed by atoms with Crippen LogP contribution in [0.2, 0.25) is 0 Å². The minimum absolute atomic E-state index is 0.00419. The maximum atomic E-state index is 13.4. The summed E-state index contributed by atoms with van der Waals surface area (Å²) in [5.74, 6) is 2.86. The molecule has 12 rings (SSSR count). The van der Waals surface area contributed by atoms with Crippen LogP contribution in [0.25, 0.3) is 87.0 Å². The molecule has 10 atom stereocenters. The number of aromatic hydroxyl groups is 3. The molecule has 0 aliphatic carbocycles. The van der Waals surface area contributed by atoms with Crippen LogP contribution in [0.1, 0.15) is 31.9 Å². The number of phenols is 2. The molecule has 10 aromatic rings. The molecule has 6 heterocycles. The Balaban J connectivity index is 0.000000181. The second-order valence-corrected chi connectivity index (χ2v) is 17.8. The highest BCUT2D eigenvalue weighted by Crippen LogP contribution is 2.47. The second-order valence-electron chi connectivity index (χ2n) is 17.8. The molecule has 6 aromatic carbocycles. The molecule has 2 aliphatic heterocycles. The number of hydrogen-bond donors (Lipinski definition) is 7. The topological polar surface area (TPSA) is 299 Å². The van der Waals surface area contributed by atoms with Crippen LogP contribution in [0, 0.1) is 30.6 Å². The van der Waals surface area contributed by atoms with E-state index in [9.17, 15) is 54.9 Å². The summed E-state index contributed by atoms with van der Waals surface area (Å²) in [7, 11) is 0. The Morgan fingerprint density at radius 3 is 1.67 bits per heavy atom. The Labute approximate surface area is 401 Å². The number of aliphatic hydroxyl groups is 4. The number of terminal acetylenes is 2. The fourth-order valence-corrected chi connectivity index (χ4v) is 10.1. The fourth-order valence-electron chi connectivity index (χ4n) is 10.1. The molecule has 19 nitrogen and oxygen atoms in total. The molecular formula is C53H38O19. The van der Waals surface area contributed by atoms with E-state index in [1.165, 1.54) is 67.6 Å². The highest BCUT2D eigenvalue weighted by atomic mass is 16.8. The summed E-state index contributed by atoms with van der Waals surface area (Å²) in [5.41, 5.74) is -2.27. The summed E-state index contributed by atoms with van der Waals surface area (Å²) in [6, 6.07) is 14.6. The van der Waals surface area contributed by atoms with Crippen LogP contribution < -0.4 is 27.0 Å². The number of aliphatic hydroxyl groups excluding tert-OH is 4. The van der Waals surface area contributed by atoms with Gasteiger partial charge in [-0.2, -0.15) is 0 Å². The van der Waals surface area contributed by atoms with E-state index in [0.29, 0.717) is 10.9 Å². The van der Waals surface area contributed by atoms with Gasteiger partial charge in [-0.15, -0.1) is 12.8 Å². The molecule has 4 aromatic heterocycles. The molecule has 0 radical (unpaired) electrons. The largest absolute Gasteiger partial charge is 0.506 e. The van der Waals surface area contributed by atoms with Gasteiger partial charge in [0.25, 0.3) is 5.95 Å². The lowest BCUT2D eigenvalue weighted by Gasteiger charge is -2.45. The smallest absolute Gasteiger partial charge is 0.348 e. The Hall–Kier alpha value is -8.24. The van der Waals surface area contributed by atoms with Crippen molar-refractivity contribution in [3.8, 4) is 47.9 Å². The number of ether oxygens (including phenoxy) is 4. The van der Waals surface area contributed by atoms with Gasteiger partial charge in [0.2, 0.25) is 6.29 Å². The molecule has 2 aliphatic rings. The summed E-state index contributed by atoms with van der Waals surface area (Å²) >= 11 is 0. The van der Waals surface area contributed by atoms with Crippen molar-refractivity contribution in [3.05, 3.63) is 113 Å². The van der Waals surface area contributed by atoms with Gasteiger partial charge < -0.3 is 72.4 Å². The molecule has 364 valence electrons. The lowest BCUT2D eigenvalue weighted by atomic mass is 9.91. The average molecular weight is 979 g/mol. The van der Waals surface area contributed by atoms with Gasteiger partial charge in [-0.05, 0) is 50.2 Å². The quantitative estimate of drug-likeness (QED) is 0.0544. The van der Waals surface area contributed by atoms with Crippen molar-refractivity contribution in [1.29, 1.82) is 0 Å². The number of phenolic OH excluding ortho intramolecular Hbond substituents is 2. The van der Waals surface area contributed by atoms with Gasteiger partial charge in [-0.25, -0.2) is 14.4 Å². The number of benzene rings is 6. The maximum absolute atomic E-state index is 13.4. The Morgan fingerprint density at radius 2 is 1.04 bits per heavy atom. The average Bonchev–Trinajstić information content (AvgIpc) is 3.36. The predicted octanol–water partition coefficient (Wildman–Crippen LogP) is 4.70. The molecule has 0 saturated carbocycles. The van der Waals surface area contributed by atoms with Crippen LogP contribution in [-0.4, -0.2) is 91.1 Å². The number of rotatable bonds is 4. The third kappa shape index (κ3) is 6.61. The zero-order chi connectivity index (χ0) is 50.9. The molecule has 0 spiro atoms. The zero-order valence-corrected chi connectivity index (χ0v) is 37.7.